The fourth-order valence-corrected chi connectivity index (χ4v) is 9.12. The van der Waals surface area contributed by atoms with Crippen LogP contribution < -0.4 is 0 Å². The van der Waals surface area contributed by atoms with Gasteiger partial charge in [-0.15, -0.1) is 0 Å². The van der Waals surface area contributed by atoms with Crippen molar-refractivity contribution in [2.24, 2.45) is 0 Å². The quantitative estimate of drug-likeness (QED) is 0.137. The van der Waals surface area contributed by atoms with Crippen LogP contribution in [0, 0.1) is 0 Å². The molecule has 0 radical (unpaired) electrons. The first-order chi connectivity index (χ1) is 26.8. The lowest BCUT2D eigenvalue weighted by Gasteiger charge is -2.19. The minimum absolute atomic E-state index is 0.844. The second kappa shape index (κ2) is 11.2. The molecule has 2 heteroatoms. The first kappa shape index (κ1) is 29.4. The van der Waals surface area contributed by atoms with Gasteiger partial charge in [-0.25, -0.2) is 0 Å². The van der Waals surface area contributed by atoms with Crippen molar-refractivity contribution in [1.82, 2.24) is 0 Å². The predicted molar refractivity (Wildman–Crippen MR) is 227 cm³/mol. The molecule has 0 aliphatic heterocycles. The lowest BCUT2D eigenvalue weighted by Crippen LogP contribution is -1.92. The summed E-state index contributed by atoms with van der Waals surface area (Å²) in [6.45, 7) is 0. The number of para-hydroxylation sites is 2. The van der Waals surface area contributed by atoms with E-state index < -0.39 is 0 Å². The van der Waals surface area contributed by atoms with Crippen LogP contribution in [-0.4, -0.2) is 0 Å². The summed E-state index contributed by atoms with van der Waals surface area (Å²) in [4.78, 5) is 0. The summed E-state index contributed by atoms with van der Waals surface area (Å²) in [6, 6.07) is 65.6. The molecule has 12 aromatic rings. The summed E-state index contributed by atoms with van der Waals surface area (Å²) >= 11 is 0. The molecule has 12 rings (SSSR count). The van der Waals surface area contributed by atoms with E-state index in [2.05, 4.69) is 170 Å². The molecule has 0 aliphatic carbocycles. The number of hydrogen-bond donors (Lipinski definition) is 0. The molecule has 2 nitrogen and oxygen atoms in total. The molecule has 0 atom stereocenters. The van der Waals surface area contributed by atoms with Crippen molar-refractivity contribution in [2.75, 3.05) is 0 Å². The van der Waals surface area contributed by atoms with Crippen LogP contribution in [-0.2, 0) is 0 Å². The second-order valence-electron chi connectivity index (χ2n) is 14.3. The molecule has 2 aromatic heterocycles. The Morgan fingerprint density at radius 1 is 0.278 bits per heavy atom. The Bertz CT molecular complexity index is 3450. The summed E-state index contributed by atoms with van der Waals surface area (Å²) in [6.07, 6.45) is 0. The maximum Gasteiger partial charge on any atom is 0.147 e. The van der Waals surface area contributed by atoms with Crippen LogP contribution in [0.2, 0.25) is 0 Å². The van der Waals surface area contributed by atoms with Gasteiger partial charge in [-0.3, -0.25) is 0 Å². The maximum atomic E-state index is 6.83. The van der Waals surface area contributed by atoms with Crippen LogP contribution in [0.25, 0.3) is 120 Å². The summed E-state index contributed by atoms with van der Waals surface area (Å²) in [5.74, 6) is 0. The molecule has 0 bridgehead atoms. The van der Waals surface area contributed by atoms with Gasteiger partial charge in [-0.2, -0.15) is 0 Å². The van der Waals surface area contributed by atoms with Crippen molar-refractivity contribution in [1.29, 1.82) is 0 Å². The van der Waals surface area contributed by atoms with E-state index in [0.29, 0.717) is 0 Å². The SMILES string of the molecule is c1cc(-c2c3ccccc3c(-c3cc4c5ccccc5oc4c4c3oc3ccccc34)c3ccccc23)cc(-c2cc3ccccc3c3ccccc23)c1. The monoisotopic (exact) mass is 686 g/mol. The van der Waals surface area contributed by atoms with Gasteiger partial charge < -0.3 is 8.83 Å². The molecule has 0 aliphatic rings. The van der Waals surface area contributed by atoms with Gasteiger partial charge in [-0.1, -0.05) is 152 Å². The van der Waals surface area contributed by atoms with Crippen molar-refractivity contribution in [3.8, 4) is 33.4 Å². The third kappa shape index (κ3) is 4.11. The van der Waals surface area contributed by atoms with E-state index >= 15 is 0 Å². The van der Waals surface area contributed by atoms with Gasteiger partial charge in [0.15, 0.2) is 0 Å². The number of benzene rings is 10. The van der Waals surface area contributed by atoms with Crippen LogP contribution in [0.4, 0.5) is 0 Å². The third-order valence-electron chi connectivity index (χ3n) is 11.4. The molecular formula is C52H30O2. The zero-order valence-electron chi connectivity index (χ0n) is 29.1. The predicted octanol–water partition coefficient (Wildman–Crippen LogP) is 15.1. The Labute approximate surface area is 310 Å². The number of rotatable bonds is 3. The van der Waals surface area contributed by atoms with Crippen LogP contribution in [0.5, 0.6) is 0 Å². The van der Waals surface area contributed by atoms with E-state index in [1.165, 1.54) is 65.3 Å². The van der Waals surface area contributed by atoms with Gasteiger partial charge in [0.2, 0.25) is 0 Å². The van der Waals surface area contributed by atoms with Crippen LogP contribution in [0.1, 0.15) is 0 Å². The van der Waals surface area contributed by atoms with E-state index in [1.54, 1.807) is 0 Å². The highest BCUT2D eigenvalue weighted by Gasteiger charge is 2.24. The molecule has 0 fully saturated rings. The van der Waals surface area contributed by atoms with Crippen LogP contribution in [0.15, 0.2) is 191 Å². The van der Waals surface area contributed by atoms with Crippen molar-refractivity contribution in [3.05, 3.63) is 182 Å². The molecular weight excluding hydrogens is 657 g/mol. The fourth-order valence-electron chi connectivity index (χ4n) is 9.12. The molecule has 10 aromatic carbocycles. The summed E-state index contributed by atoms with van der Waals surface area (Å²) in [5, 5.41) is 14.1. The first-order valence-electron chi connectivity index (χ1n) is 18.5. The largest absolute Gasteiger partial charge is 0.455 e. The van der Waals surface area contributed by atoms with Crippen molar-refractivity contribution in [2.45, 2.75) is 0 Å². The minimum Gasteiger partial charge on any atom is -0.455 e. The fraction of sp³-hybridized carbons (Fsp3) is 0. The van der Waals surface area contributed by atoms with Crippen molar-refractivity contribution < 1.29 is 8.83 Å². The molecule has 250 valence electrons. The molecule has 2 heterocycles. The van der Waals surface area contributed by atoms with Crippen molar-refractivity contribution in [3.63, 3.8) is 0 Å². The van der Waals surface area contributed by atoms with E-state index in [1.807, 2.05) is 12.1 Å². The Kier molecular flexibility index (Phi) is 6.09. The van der Waals surface area contributed by atoms with Crippen LogP contribution >= 0.6 is 0 Å². The average molecular weight is 687 g/mol. The topological polar surface area (TPSA) is 26.3 Å². The first-order valence-corrected chi connectivity index (χ1v) is 18.5. The normalized spacial score (nSPS) is 12.1. The highest BCUT2D eigenvalue weighted by atomic mass is 16.3. The molecule has 0 spiro atoms. The molecule has 0 amide bonds. The second-order valence-corrected chi connectivity index (χ2v) is 14.3. The smallest absolute Gasteiger partial charge is 0.147 e. The number of fused-ring (bicyclic) bond motifs is 12. The molecule has 0 saturated heterocycles. The number of hydrogen-bond acceptors (Lipinski definition) is 2. The van der Waals surface area contributed by atoms with Crippen LogP contribution in [0.3, 0.4) is 0 Å². The maximum absolute atomic E-state index is 6.83. The highest BCUT2D eigenvalue weighted by molar-refractivity contribution is 6.29. The van der Waals surface area contributed by atoms with Gasteiger partial charge in [0, 0.05) is 27.3 Å². The van der Waals surface area contributed by atoms with Crippen molar-refractivity contribution >= 4 is 87.0 Å². The average Bonchev–Trinajstić information content (AvgIpc) is 3.81. The van der Waals surface area contributed by atoms with E-state index in [4.69, 9.17) is 8.83 Å². The zero-order chi connectivity index (χ0) is 35.3. The minimum atomic E-state index is 0.844. The molecule has 0 saturated carbocycles. The molecule has 0 N–H and O–H groups in total. The van der Waals surface area contributed by atoms with Gasteiger partial charge in [-0.05, 0) is 95.7 Å². The van der Waals surface area contributed by atoms with Gasteiger partial charge in [0.1, 0.15) is 22.3 Å². The van der Waals surface area contributed by atoms with E-state index in [-0.39, 0.29) is 0 Å². The van der Waals surface area contributed by atoms with Gasteiger partial charge in [0.05, 0.1) is 5.39 Å². The summed E-state index contributed by atoms with van der Waals surface area (Å²) in [5.41, 5.74) is 10.5. The van der Waals surface area contributed by atoms with E-state index in [9.17, 15) is 0 Å². The Hall–Kier alpha value is -7.16. The Morgan fingerprint density at radius 3 is 1.52 bits per heavy atom. The molecule has 0 unspecified atom stereocenters. The Morgan fingerprint density at radius 2 is 0.796 bits per heavy atom. The van der Waals surface area contributed by atoms with Gasteiger partial charge >= 0.3 is 0 Å². The van der Waals surface area contributed by atoms with E-state index in [0.717, 1.165) is 55.0 Å². The number of furan rings is 2. The molecule has 54 heavy (non-hydrogen) atoms. The zero-order valence-corrected chi connectivity index (χ0v) is 29.1. The third-order valence-corrected chi connectivity index (χ3v) is 11.4. The summed E-state index contributed by atoms with van der Waals surface area (Å²) in [7, 11) is 0. The lowest BCUT2D eigenvalue weighted by atomic mass is 9.84. The van der Waals surface area contributed by atoms with Gasteiger partial charge in [0.25, 0.3) is 0 Å². The lowest BCUT2D eigenvalue weighted by molar-refractivity contribution is 0.663. The highest BCUT2D eigenvalue weighted by Crippen LogP contribution is 2.50. The summed E-state index contributed by atoms with van der Waals surface area (Å²) < 4.78 is 13.4. The Balaban J connectivity index is 1.18. The standard InChI is InChI=1S/C52H30O2/c1-2-17-34-32(14-1)29-43(36-19-4-3-18-35(34)36)31-15-13-16-33(28-31)48-38-21-5-7-23-40(38)49(41-24-8-6-22-39(41)48)45-30-44-37-20-9-11-26-46(37)53-51(44)50-42-25-10-12-27-47(42)54-52(45)50/h1-30H.